The molecule has 0 saturated carbocycles. The first-order chi connectivity index (χ1) is 27.6. The first kappa shape index (κ1) is 49.8. The van der Waals surface area contributed by atoms with Gasteiger partial charge in [-0.25, -0.2) is 14.4 Å². The molecule has 326 valence electrons. The van der Waals surface area contributed by atoms with E-state index in [4.69, 9.17) is 79.6 Å². The number of hydrogen-bond donors (Lipinski definition) is 2. The molecule has 0 spiro atoms. The fraction of sp³-hybridized carbons (Fsp3) is 0.524. The van der Waals surface area contributed by atoms with Crippen molar-refractivity contribution < 1.29 is 52.3 Å². The molecule has 1 saturated heterocycles. The lowest BCUT2D eigenvalue weighted by Gasteiger charge is -2.31. The Balaban J connectivity index is 1.91. The zero-order valence-electron chi connectivity index (χ0n) is 34.3. The van der Waals surface area contributed by atoms with Crippen molar-refractivity contribution >= 4 is 70.3 Å². The zero-order chi connectivity index (χ0) is 44.0. The molecule has 59 heavy (non-hydrogen) atoms. The number of esters is 2. The molecule has 1 fully saturated rings. The van der Waals surface area contributed by atoms with Crippen molar-refractivity contribution in [2.75, 3.05) is 26.9 Å². The van der Waals surface area contributed by atoms with Gasteiger partial charge < -0.3 is 43.8 Å². The monoisotopic (exact) mass is 902 g/mol. The van der Waals surface area contributed by atoms with Crippen molar-refractivity contribution in [3.05, 3.63) is 89.5 Å². The number of nitrogens with one attached hydrogen (secondary N) is 2. The molecule has 3 rings (SSSR count). The van der Waals surface area contributed by atoms with Crippen molar-refractivity contribution in [1.29, 1.82) is 0 Å². The molecule has 0 aliphatic carbocycles. The number of alkyl halides is 3. The average Bonchev–Trinajstić information content (AvgIpc) is 3.48. The topological polar surface area (TPSA) is 157 Å². The lowest BCUT2D eigenvalue weighted by atomic mass is 9.89. The Labute approximate surface area is 366 Å². The molecule has 2 aromatic rings. The Morgan fingerprint density at radius 2 is 1.68 bits per heavy atom. The second-order valence-corrected chi connectivity index (χ2v) is 18.1. The third kappa shape index (κ3) is 17.5. The Kier molecular flexibility index (Phi) is 19.3. The van der Waals surface area contributed by atoms with Gasteiger partial charge in [0.1, 0.15) is 42.2 Å². The van der Waals surface area contributed by atoms with Crippen LogP contribution < -0.4 is 15.4 Å². The van der Waals surface area contributed by atoms with E-state index in [1.807, 2.05) is 37.3 Å². The van der Waals surface area contributed by atoms with E-state index in [0.29, 0.717) is 16.3 Å². The number of carbonyl (C=O) groups is 4. The van der Waals surface area contributed by atoms with E-state index in [9.17, 15) is 19.2 Å². The normalized spacial score (nSPS) is 18.6. The fourth-order valence-electron chi connectivity index (χ4n) is 6.00. The molecule has 1 heterocycles. The summed E-state index contributed by atoms with van der Waals surface area (Å²) in [6, 6.07) is 12.0. The zero-order valence-corrected chi connectivity index (χ0v) is 37.3. The van der Waals surface area contributed by atoms with Crippen LogP contribution in [0, 0.1) is 5.92 Å². The van der Waals surface area contributed by atoms with E-state index < -0.39 is 82.0 Å². The minimum absolute atomic E-state index is 0.00467. The van der Waals surface area contributed by atoms with Crippen LogP contribution in [0.3, 0.4) is 0 Å². The van der Waals surface area contributed by atoms with E-state index in [2.05, 4.69) is 17.2 Å². The Morgan fingerprint density at radius 3 is 2.29 bits per heavy atom. The summed E-state index contributed by atoms with van der Waals surface area (Å²) in [5, 5.41) is 5.54. The second-order valence-electron chi connectivity index (χ2n) is 15.2. The molecule has 0 radical (unpaired) electrons. The van der Waals surface area contributed by atoms with E-state index in [-0.39, 0.29) is 32.5 Å². The number of alkyl carbamates (subject to hydrolysis) is 1. The highest BCUT2D eigenvalue weighted by molar-refractivity contribution is 6.67. The predicted octanol–water partition coefficient (Wildman–Crippen LogP) is 8.16. The van der Waals surface area contributed by atoms with Crippen molar-refractivity contribution in [2.24, 2.45) is 5.92 Å². The maximum absolute atomic E-state index is 14.0. The van der Waals surface area contributed by atoms with Crippen LogP contribution in [0.5, 0.6) is 5.75 Å². The minimum Gasteiger partial charge on any atom is -0.495 e. The second kappa shape index (κ2) is 22.9. The summed E-state index contributed by atoms with van der Waals surface area (Å²) in [6.07, 6.45) is 1.40. The Morgan fingerprint density at radius 1 is 0.983 bits per heavy atom. The van der Waals surface area contributed by atoms with Crippen LogP contribution in [0.25, 0.3) is 0 Å². The minimum atomic E-state index is -1.89. The Hall–Kier alpha value is -3.56. The number of rotatable bonds is 20. The van der Waals surface area contributed by atoms with Gasteiger partial charge in [0.25, 0.3) is 0 Å². The summed E-state index contributed by atoms with van der Waals surface area (Å²) >= 11 is 23.7. The van der Waals surface area contributed by atoms with Gasteiger partial charge in [0, 0.05) is 31.8 Å². The summed E-state index contributed by atoms with van der Waals surface area (Å²) in [7, 11) is 1.47. The molecule has 0 bridgehead atoms. The fourth-order valence-corrected chi connectivity index (χ4v) is 6.45. The summed E-state index contributed by atoms with van der Waals surface area (Å²) in [6.45, 7) is 13.9. The van der Waals surface area contributed by atoms with Gasteiger partial charge >= 0.3 is 18.0 Å². The number of ether oxygens (including phenoxy) is 7. The summed E-state index contributed by atoms with van der Waals surface area (Å²) in [5.74, 6) is -3.41. The van der Waals surface area contributed by atoms with E-state index in [1.165, 1.54) is 19.3 Å². The van der Waals surface area contributed by atoms with Crippen LogP contribution in [0.1, 0.15) is 71.6 Å². The first-order valence-electron chi connectivity index (χ1n) is 18.9. The third-order valence-electron chi connectivity index (χ3n) is 8.66. The lowest BCUT2D eigenvalue weighted by molar-refractivity contribution is -0.165. The molecule has 0 aromatic heterocycles. The van der Waals surface area contributed by atoms with Gasteiger partial charge in [-0.2, -0.15) is 0 Å². The average molecular weight is 905 g/mol. The largest absolute Gasteiger partial charge is 0.495 e. The smallest absolute Gasteiger partial charge is 0.408 e. The predicted molar refractivity (Wildman–Crippen MR) is 226 cm³/mol. The Bertz CT molecular complexity index is 1750. The third-order valence-corrected chi connectivity index (χ3v) is 9.29. The quantitative estimate of drug-likeness (QED) is 0.0330. The first-order valence-corrected chi connectivity index (χ1v) is 20.4. The number of halogens is 4. The molecule has 1 aliphatic rings. The van der Waals surface area contributed by atoms with Crippen LogP contribution in [-0.4, -0.2) is 90.3 Å². The van der Waals surface area contributed by atoms with Crippen LogP contribution in [0.2, 0.25) is 5.02 Å². The van der Waals surface area contributed by atoms with Gasteiger partial charge in [-0.1, -0.05) is 102 Å². The molecular formula is C42H54Cl4N2O11. The van der Waals surface area contributed by atoms with Crippen molar-refractivity contribution in [3.63, 3.8) is 0 Å². The van der Waals surface area contributed by atoms with Crippen LogP contribution >= 0.6 is 46.4 Å². The number of hydrogen-bond acceptors (Lipinski definition) is 11. The van der Waals surface area contributed by atoms with Gasteiger partial charge in [0.2, 0.25) is 9.70 Å². The van der Waals surface area contributed by atoms with Crippen LogP contribution in [0.15, 0.2) is 73.3 Å². The molecule has 1 aliphatic heterocycles. The molecule has 17 heteroatoms. The standard InChI is InChI=1S/C42H54Cl4N2O11/c1-9-21-54-22-20-30(48-39(52)59-40(3,4)5)38(51)56-32(26(2)35-36(58-41(6,7)57-35)28-14-11-10-12-15-28)16-13-17-34(49)47-31(37(50)55-25-42(44,45)46)24-27-18-19-33(53-8)29(43)23-27/h9-15,17-19,23,26,30-32,35-36H,1,16,20-22,24-25H2,2-8H3,(H,47,49)(H,48,52)/b17-13+/t26-,30-,31+,32-,35+,36+/m0/s1. The van der Waals surface area contributed by atoms with Crippen LogP contribution in [0.4, 0.5) is 4.79 Å². The van der Waals surface area contributed by atoms with Crippen molar-refractivity contribution in [3.8, 4) is 5.75 Å². The lowest BCUT2D eigenvalue weighted by Crippen LogP contribution is -2.47. The highest BCUT2D eigenvalue weighted by Gasteiger charge is 2.47. The van der Waals surface area contributed by atoms with Gasteiger partial charge in [-0.3, -0.25) is 4.79 Å². The van der Waals surface area contributed by atoms with Crippen molar-refractivity contribution in [1.82, 2.24) is 10.6 Å². The van der Waals surface area contributed by atoms with Crippen molar-refractivity contribution in [2.45, 2.75) is 106 Å². The highest BCUT2D eigenvalue weighted by atomic mass is 35.6. The van der Waals surface area contributed by atoms with Gasteiger partial charge in [-0.05, 0) is 64.0 Å². The molecule has 2 aromatic carbocycles. The number of carbonyl (C=O) groups excluding carboxylic acids is 4. The summed E-state index contributed by atoms with van der Waals surface area (Å²) < 4.78 is 38.4. The van der Waals surface area contributed by atoms with E-state index in [1.54, 1.807) is 58.9 Å². The number of methoxy groups -OCH3 is 1. The summed E-state index contributed by atoms with van der Waals surface area (Å²) in [5.41, 5.74) is 0.597. The molecule has 6 atom stereocenters. The molecule has 2 N–H and O–H groups in total. The van der Waals surface area contributed by atoms with Gasteiger partial charge in [-0.15, -0.1) is 6.58 Å². The maximum Gasteiger partial charge on any atom is 0.408 e. The van der Waals surface area contributed by atoms with Crippen LogP contribution in [-0.2, 0) is 49.2 Å². The van der Waals surface area contributed by atoms with E-state index >= 15 is 0 Å². The molecular weight excluding hydrogens is 850 g/mol. The SMILES string of the molecule is C=CCOCC[C@H](NC(=O)OC(C)(C)C)C(=O)O[C@@H](C/C=C/C(=O)N[C@H](Cc1ccc(OC)c(Cl)c1)C(=O)OCC(Cl)(Cl)Cl)[C@H](C)[C@H]1OC(C)(C)O[C@@H]1c1ccccc1. The highest BCUT2D eigenvalue weighted by Crippen LogP contribution is 2.43. The molecule has 13 nitrogen and oxygen atoms in total. The maximum atomic E-state index is 14.0. The van der Waals surface area contributed by atoms with Gasteiger partial charge in [0.05, 0.1) is 24.8 Å². The number of amides is 2. The summed E-state index contributed by atoms with van der Waals surface area (Å²) in [4.78, 5) is 53.4. The van der Waals surface area contributed by atoms with E-state index in [0.717, 1.165) is 5.56 Å². The molecule has 2 amide bonds. The molecule has 0 unspecified atom stereocenters. The van der Waals surface area contributed by atoms with Gasteiger partial charge in [0.15, 0.2) is 5.79 Å². The number of benzene rings is 2.